The van der Waals surface area contributed by atoms with Gasteiger partial charge in [0.2, 0.25) is 0 Å². The molecule has 102 valence electrons. The van der Waals surface area contributed by atoms with E-state index in [0.717, 1.165) is 4.90 Å². The number of rotatable bonds is 4. The first-order valence-electron chi connectivity index (χ1n) is 5.58. The maximum atomic E-state index is 10.6. The first-order valence-corrected chi connectivity index (χ1v) is 6.40. The van der Waals surface area contributed by atoms with Gasteiger partial charge in [-0.1, -0.05) is 0 Å². The van der Waals surface area contributed by atoms with Crippen molar-refractivity contribution in [2.75, 3.05) is 0 Å². The van der Waals surface area contributed by atoms with Crippen molar-refractivity contribution in [3.8, 4) is 0 Å². The number of amidine groups is 1. The molecule has 1 heterocycles. The molecule has 0 spiro atoms. The third-order valence-electron chi connectivity index (χ3n) is 2.37. The van der Waals surface area contributed by atoms with Gasteiger partial charge in [-0.2, -0.15) is 0 Å². The number of nitro benzene ring substituents is 1. The number of nitrogens with zero attached hydrogens (tertiary/aromatic N) is 3. The summed E-state index contributed by atoms with van der Waals surface area (Å²) in [7, 11) is 0. The largest absolute Gasteiger partial charge is 0.382 e. The van der Waals surface area contributed by atoms with E-state index >= 15 is 0 Å². The highest BCUT2D eigenvalue weighted by molar-refractivity contribution is 7.99. The zero-order chi connectivity index (χ0) is 14.7. The lowest BCUT2D eigenvalue weighted by atomic mass is 10.3. The van der Waals surface area contributed by atoms with Crippen LogP contribution in [0.5, 0.6) is 0 Å². The minimum Gasteiger partial charge on any atom is -0.382 e. The number of hydrogen-bond acceptors (Lipinski definition) is 6. The molecular formula is C12H11N5O2S. The molecule has 3 N–H and O–H groups in total. The van der Waals surface area contributed by atoms with E-state index in [1.807, 2.05) is 0 Å². The number of benzene rings is 1. The van der Waals surface area contributed by atoms with Crippen molar-refractivity contribution >= 4 is 23.3 Å². The summed E-state index contributed by atoms with van der Waals surface area (Å²) >= 11 is 1.26. The van der Waals surface area contributed by atoms with Gasteiger partial charge < -0.3 is 5.73 Å². The van der Waals surface area contributed by atoms with Crippen LogP contribution in [0, 0.1) is 22.4 Å². The molecule has 0 saturated carbocycles. The standard InChI is InChI=1S/C12H11N5O2S/c1-7-6-10(11(13)14)16-12(15-7)20-9-4-2-8(3-5-9)17(18)19/h2-6H,1H3,(H3,13,14). The Kier molecular flexibility index (Phi) is 3.94. The Labute approximate surface area is 118 Å². The molecule has 0 amide bonds. The molecule has 8 heteroatoms. The Morgan fingerprint density at radius 3 is 2.55 bits per heavy atom. The van der Waals surface area contributed by atoms with Gasteiger partial charge in [0.1, 0.15) is 11.5 Å². The summed E-state index contributed by atoms with van der Waals surface area (Å²) in [6.45, 7) is 1.79. The minimum absolute atomic E-state index is 0.0314. The predicted octanol–water partition coefficient (Wildman–Crippen LogP) is 2.13. The summed E-state index contributed by atoms with van der Waals surface area (Å²) in [6.07, 6.45) is 0. The fourth-order valence-electron chi connectivity index (χ4n) is 1.47. The Morgan fingerprint density at radius 1 is 1.35 bits per heavy atom. The molecule has 0 aliphatic heterocycles. The molecule has 2 rings (SSSR count). The van der Waals surface area contributed by atoms with Crippen LogP contribution in [0.3, 0.4) is 0 Å². The van der Waals surface area contributed by atoms with Gasteiger partial charge in [0, 0.05) is 22.7 Å². The van der Waals surface area contributed by atoms with Crippen LogP contribution >= 0.6 is 11.8 Å². The summed E-state index contributed by atoms with van der Waals surface area (Å²) in [4.78, 5) is 19.3. The third-order valence-corrected chi connectivity index (χ3v) is 3.24. The van der Waals surface area contributed by atoms with Crippen LogP contribution in [-0.2, 0) is 0 Å². The van der Waals surface area contributed by atoms with Gasteiger partial charge in [0.05, 0.1) is 4.92 Å². The van der Waals surface area contributed by atoms with Gasteiger partial charge in [0.15, 0.2) is 5.16 Å². The van der Waals surface area contributed by atoms with Gasteiger partial charge in [0.25, 0.3) is 5.69 Å². The van der Waals surface area contributed by atoms with E-state index < -0.39 is 4.92 Å². The fraction of sp³-hybridized carbons (Fsp3) is 0.0833. The molecule has 0 aliphatic carbocycles. The highest BCUT2D eigenvalue weighted by Gasteiger charge is 2.08. The molecule has 0 unspecified atom stereocenters. The Balaban J connectivity index is 2.25. The van der Waals surface area contributed by atoms with Crippen LogP contribution in [-0.4, -0.2) is 20.7 Å². The van der Waals surface area contributed by atoms with Gasteiger partial charge in [-0.25, -0.2) is 9.97 Å². The normalized spacial score (nSPS) is 10.2. The van der Waals surface area contributed by atoms with E-state index in [1.54, 1.807) is 25.1 Å². The van der Waals surface area contributed by atoms with E-state index in [9.17, 15) is 10.1 Å². The van der Waals surface area contributed by atoms with Crippen LogP contribution < -0.4 is 5.73 Å². The lowest BCUT2D eigenvalue weighted by Gasteiger charge is -2.04. The zero-order valence-electron chi connectivity index (χ0n) is 10.5. The van der Waals surface area contributed by atoms with E-state index in [1.165, 1.54) is 23.9 Å². The van der Waals surface area contributed by atoms with Crippen molar-refractivity contribution in [2.24, 2.45) is 5.73 Å². The molecule has 0 fully saturated rings. The lowest BCUT2D eigenvalue weighted by Crippen LogP contribution is -2.14. The van der Waals surface area contributed by atoms with Crippen molar-refractivity contribution < 1.29 is 4.92 Å². The number of nitro groups is 1. The Morgan fingerprint density at radius 2 is 2.00 bits per heavy atom. The maximum Gasteiger partial charge on any atom is 0.269 e. The average molecular weight is 289 g/mol. The smallest absolute Gasteiger partial charge is 0.269 e. The molecule has 0 aliphatic rings. The molecule has 0 atom stereocenters. The van der Waals surface area contributed by atoms with Crippen LogP contribution in [0.25, 0.3) is 0 Å². The molecule has 1 aromatic heterocycles. The van der Waals surface area contributed by atoms with Crippen LogP contribution in [0.15, 0.2) is 40.4 Å². The predicted molar refractivity (Wildman–Crippen MR) is 75.0 cm³/mol. The molecule has 7 nitrogen and oxygen atoms in total. The SMILES string of the molecule is Cc1cc(C(=N)N)nc(Sc2ccc([N+](=O)[O-])cc2)n1. The van der Waals surface area contributed by atoms with E-state index in [-0.39, 0.29) is 11.5 Å². The molecule has 0 bridgehead atoms. The molecular weight excluding hydrogens is 278 g/mol. The summed E-state index contributed by atoms with van der Waals surface area (Å²) in [6, 6.07) is 7.72. The second-order valence-corrected chi connectivity index (χ2v) is 4.98. The average Bonchev–Trinajstić information content (AvgIpc) is 2.38. The minimum atomic E-state index is -0.453. The second kappa shape index (κ2) is 5.66. The van der Waals surface area contributed by atoms with E-state index in [2.05, 4.69) is 9.97 Å². The monoisotopic (exact) mass is 289 g/mol. The first kappa shape index (κ1) is 13.9. The summed E-state index contributed by atoms with van der Waals surface area (Å²) < 4.78 is 0. The quantitative estimate of drug-likeness (QED) is 0.292. The van der Waals surface area contributed by atoms with Crippen molar-refractivity contribution in [1.29, 1.82) is 5.41 Å². The van der Waals surface area contributed by atoms with Crippen molar-refractivity contribution in [3.05, 3.63) is 51.8 Å². The highest BCUT2D eigenvalue weighted by Crippen LogP contribution is 2.26. The maximum absolute atomic E-state index is 10.6. The third kappa shape index (κ3) is 3.29. The van der Waals surface area contributed by atoms with Gasteiger partial charge in [-0.15, -0.1) is 0 Å². The lowest BCUT2D eigenvalue weighted by molar-refractivity contribution is -0.384. The van der Waals surface area contributed by atoms with Gasteiger partial charge >= 0.3 is 0 Å². The van der Waals surface area contributed by atoms with Crippen LogP contribution in [0.1, 0.15) is 11.4 Å². The molecule has 0 saturated heterocycles. The molecule has 20 heavy (non-hydrogen) atoms. The van der Waals surface area contributed by atoms with Crippen molar-refractivity contribution in [3.63, 3.8) is 0 Å². The summed E-state index contributed by atoms with van der Waals surface area (Å²) in [5.74, 6) is -0.124. The van der Waals surface area contributed by atoms with Crippen molar-refractivity contribution in [1.82, 2.24) is 9.97 Å². The number of hydrogen-bond donors (Lipinski definition) is 2. The van der Waals surface area contributed by atoms with Gasteiger partial charge in [-0.3, -0.25) is 15.5 Å². The fourth-order valence-corrected chi connectivity index (χ4v) is 2.28. The Bertz CT molecular complexity index is 672. The van der Waals surface area contributed by atoms with Crippen LogP contribution in [0.4, 0.5) is 5.69 Å². The van der Waals surface area contributed by atoms with Crippen molar-refractivity contribution in [2.45, 2.75) is 17.0 Å². The number of nitrogen functional groups attached to an aromatic ring is 1. The van der Waals surface area contributed by atoms with Crippen LogP contribution in [0.2, 0.25) is 0 Å². The summed E-state index contributed by atoms with van der Waals surface area (Å²) in [5.41, 5.74) is 6.50. The number of non-ortho nitro benzene ring substituents is 1. The Hall–Kier alpha value is -2.48. The molecule has 0 radical (unpaired) electrons. The van der Waals surface area contributed by atoms with Gasteiger partial charge in [-0.05, 0) is 36.9 Å². The topological polar surface area (TPSA) is 119 Å². The molecule has 1 aromatic carbocycles. The van der Waals surface area contributed by atoms with E-state index in [4.69, 9.17) is 11.1 Å². The number of nitrogens with one attached hydrogen (secondary N) is 1. The highest BCUT2D eigenvalue weighted by atomic mass is 32.2. The van der Waals surface area contributed by atoms with E-state index in [0.29, 0.717) is 16.5 Å². The number of nitrogens with two attached hydrogens (primary N) is 1. The zero-order valence-corrected chi connectivity index (χ0v) is 11.3. The number of aryl methyl sites for hydroxylation is 1. The summed E-state index contributed by atoms with van der Waals surface area (Å²) in [5, 5.41) is 18.4. The molecule has 2 aromatic rings. The second-order valence-electron chi connectivity index (χ2n) is 3.94. The number of aromatic nitrogens is 2. The first-order chi connectivity index (χ1) is 9.45.